The number of aryl methyl sites for hydroxylation is 2. The summed E-state index contributed by atoms with van der Waals surface area (Å²) >= 11 is 0. The second-order valence-corrected chi connectivity index (χ2v) is 6.74. The van der Waals surface area contributed by atoms with Gasteiger partial charge in [0.1, 0.15) is 5.56 Å². The fourth-order valence-corrected chi connectivity index (χ4v) is 2.99. The van der Waals surface area contributed by atoms with Crippen molar-refractivity contribution in [2.75, 3.05) is 5.43 Å². The molecule has 0 saturated carbocycles. The van der Waals surface area contributed by atoms with Crippen molar-refractivity contribution in [3.05, 3.63) is 47.2 Å². The minimum absolute atomic E-state index is 0.134. The van der Waals surface area contributed by atoms with Gasteiger partial charge in [0.25, 0.3) is 11.1 Å². The van der Waals surface area contributed by atoms with Gasteiger partial charge in [-0.1, -0.05) is 13.3 Å². The number of aromatic amines is 1. The number of aromatic hydroxyl groups is 1. The Bertz CT molecular complexity index is 1380. The summed E-state index contributed by atoms with van der Waals surface area (Å²) in [5.74, 6) is -0.362. The van der Waals surface area contributed by atoms with Crippen LogP contribution in [0.4, 0.5) is 5.95 Å². The van der Waals surface area contributed by atoms with Gasteiger partial charge in [-0.2, -0.15) is 10.1 Å². The van der Waals surface area contributed by atoms with Crippen molar-refractivity contribution >= 4 is 23.3 Å². The lowest BCUT2D eigenvalue weighted by Gasteiger charge is -2.08. The van der Waals surface area contributed by atoms with Crippen molar-refractivity contribution in [3.63, 3.8) is 0 Å². The highest BCUT2D eigenvalue weighted by molar-refractivity contribution is 5.82. The maximum absolute atomic E-state index is 12.4. The molecular weight excluding hydrogens is 396 g/mol. The zero-order valence-corrected chi connectivity index (χ0v) is 17.0. The van der Waals surface area contributed by atoms with Crippen molar-refractivity contribution < 1.29 is 5.11 Å². The zero-order chi connectivity index (χ0) is 22.2. The quantitative estimate of drug-likeness (QED) is 0.334. The first kappa shape index (κ1) is 20.8. The van der Waals surface area contributed by atoms with E-state index in [9.17, 15) is 24.3 Å². The fraction of sp³-hybridized carbons (Fsp3) is 0.412. The van der Waals surface area contributed by atoms with Crippen LogP contribution in [0.1, 0.15) is 25.3 Å². The van der Waals surface area contributed by atoms with Gasteiger partial charge in [-0.15, -0.1) is 0 Å². The third kappa shape index (κ3) is 3.33. The van der Waals surface area contributed by atoms with E-state index in [0.29, 0.717) is 6.42 Å². The molecule has 0 aliphatic rings. The van der Waals surface area contributed by atoms with Gasteiger partial charge < -0.3 is 9.67 Å². The summed E-state index contributed by atoms with van der Waals surface area (Å²) in [5.41, 5.74) is 0.186. The van der Waals surface area contributed by atoms with Gasteiger partial charge >= 0.3 is 11.4 Å². The van der Waals surface area contributed by atoms with Gasteiger partial charge in [0.05, 0.1) is 6.21 Å². The number of fused-ring (bicyclic) bond motifs is 1. The van der Waals surface area contributed by atoms with E-state index >= 15 is 0 Å². The fourth-order valence-electron chi connectivity index (χ4n) is 2.99. The largest absolute Gasteiger partial charge is 0.494 e. The van der Waals surface area contributed by atoms with E-state index in [4.69, 9.17) is 0 Å². The van der Waals surface area contributed by atoms with Crippen molar-refractivity contribution in [2.24, 2.45) is 26.2 Å². The van der Waals surface area contributed by atoms with E-state index in [0.717, 1.165) is 21.8 Å². The van der Waals surface area contributed by atoms with Gasteiger partial charge in [-0.3, -0.25) is 28.3 Å². The van der Waals surface area contributed by atoms with Crippen molar-refractivity contribution in [3.8, 4) is 5.88 Å². The molecule has 0 saturated heterocycles. The number of hydrazone groups is 1. The first-order valence-electron chi connectivity index (χ1n) is 9.16. The Morgan fingerprint density at radius 1 is 1.13 bits per heavy atom. The molecule has 0 bridgehead atoms. The van der Waals surface area contributed by atoms with Crippen LogP contribution in [-0.2, 0) is 27.7 Å². The predicted molar refractivity (Wildman–Crippen MR) is 110 cm³/mol. The monoisotopic (exact) mass is 418 g/mol. The number of hydrogen-bond acceptors (Lipinski definition) is 8. The van der Waals surface area contributed by atoms with Gasteiger partial charge in [-0.25, -0.2) is 15.0 Å². The number of aromatic nitrogens is 6. The number of H-pyrrole nitrogens is 1. The molecule has 13 heteroatoms. The molecule has 0 aromatic carbocycles. The van der Waals surface area contributed by atoms with Crippen LogP contribution in [0.5, 0.6) is 5.88 Å². The standard InChI is InChI=1S/C17H22N8O5/c1-5-6-7-25-13(27)9(12(26)20-16(25)29)8-18-21-15-19-11-10(22(15)2)14(28)24(4)17(30)23(11)3/h8,27H,5-7H2,1-4H3,(H,19,21)(H,20,26,29). The Morgan fingerprint density at radius 2 is 1.83 bits per heavy atom. The molecule has 30 heavy (non-hydrogen) atoms. The first-order chi connectivity index (χ1) is 14.2. The molecular formula is C17H22N8O5. The number of imidazole rings is 1. The Hall–Kier alpha value is -3.90. The molecule has 3 heterocycles. The minimum Gasteiger partial charge on any atom is -0.494 e. The summed E-state index contributed by atoms with van der Waals surface area (Å²) in [4.78, 5) is 54.7. The van der Waals surface area contributed by atoms with Crippen LogP contribution in [0.2, 0.25) is 0 Å². The van der Waals surface area contributed by atoms with Gasteiger partial charge in [0, 0.05) is 27.7 Å². The molecule has 3 N–H and O–H groups in total. The number of nitrogens with zero attached hydrogens (tertiary/aromatic N) is 6. The third-order valence-corrected chi connectivity index (χ3v) is 4.78. The topological polar surface area (TPSA) is 161 Å². The Kier molecular flexibility index (Phi) is 5.45. The van der Waals surface area contributed by atoms with Crippen LogP contribution >= 0.6 is 0 Å². The number of nitrogens with one attached hydrogen (secondary N) is 2. The average Bonchev–Trinajstić information content (AvgIpc) is 3.03. The second kappa shape index (κ2) is 7.85. The van der Waals surface area contributed by atoms with E-state index in [1.807, 2.05) is 6.92 Å². The molecule has 0 spiro atoms. The predicted octanol–water partition coefficient (Wildman–Crippen LogP) is -1.23. The van der Waals surface area contributed by atoms with Crippen LogP contribution in [0.25, 0.3) is 11.2 Å². The van der Waals surface area contributed by atoms with E-state index in [1.54, 1.807) is 7.05 Å². The van der Waals surface area contributed by atoms with Crippen LogP contribution in [0.3, 0.4) is 0 Å². The highest BCUT2D eigenvalue weighted by atomic mass is 16.3. The second-order valence-electron chi connectivity index (χ2n) is 6.74. The lowest BCUT2D eigenvalue weighted by Crippen LogP contribution is -2.37. The molecule has 160 valence electrons. The Morgan fingerprint density at radius 3 is 2.50 bits per heavy atom. The molecule has 0 unspecified atom stereocenters. The molecule has 3 aromatic rings. The molecule has 0 aliphatic carbocycles. The smallest absolute Gasteiger partial charge is 0.332 e. The van der Waals surface area contributed by atoms with Crippen molar-refractivity contribution in [1.82, 2.24) is 28.2 Å². The van der Waals surface area contributed by atoms with Crippen LogP contribution in [0, 0.1) is 0 Å². The Balaban J connectivity index is 2.01. The SMILES string of the molecule is CCCCn1c(O)c(C=NNc2nc3c(c(=O)n(C)c(=O)n3C)n2C)c(=O)[nH]c1=O. The van der Waals surface area contributed by atoms with Gasteiger partial charge in [0.15, 0.2) is 11.2 Å². The lowest BCUT2D eigenvalue weighted by molar-refractivity contribution is 0.394. The molecule has 0 radical (unpaired) electrons. The number of anilines is 1. The zero-order valence-electron chi connectivity index (χ0n) is 17.0. The summed E-state index contributed by atoms with van der Waals surface area (Å²) in [6.07, 6.45) is 2.49. The van der Waals surface area contributed by atoms with Crippen molar-refractivity contribution in [2.45, 2.75) is 26.3 Å². The van der Waals surface area contributed by atoms with Gasteiger partial charge in [-0.05, 0) is 6.42 Å². The average molecular weight is 418 g/mol. The minimum atomic E-state index is -0.794. The number of rotatable bonds is 6. The maximum Gasteiger partial charge on any atom is 0.332 e. The van der Waals surface area contributed by atoms with Crippen LogP contribution < -0.4 is 27.9 Å². The normalized spacial score (nSPS) is 11.6. The van der Waals surface area contributed by atoms with Crippen LogP contribution in [0.15, 0.2) is 24.3 Å². The summed E-state index contributed by atoms with van der Waals surface area (Å²) in [7, 11) is 4.42. The number of unbranched alkanes of at least 4 members (excludes halogenated alkanes) is 1. The summed E-state index contributed by atoms with van der Waals surface area (Å²) in [5, 5.41) is 14.2. The molecule has 13 nitrogen and oxygen atoms in total. The first-order valence-corrected chi connectivity index (χ1v) is 9.16. The summed E-state index contributed by atoms with van der Waals surface area (Å²) in [6.45, 7) is 2.17. The Labute approximate surface area is 168 Å². The van der Waals surface area contributed by atoms with E-state index < -0.39 is 28.4 Å². The maximum atomic E-state index is 12.4. The van der Waals surface area contributed by atoms with Crippen LogP contribution in [-0.4, -0.2) is 39.6 Å². The molecule has 3 rings (SSSR count). The highest BCUT2D eigenvalue weighted by Crippen LogP contribution is 2.13. The van der Waals surface area contributed by atoms with E-state index in [-0.39, 0.29) is 29.2 Å². The molecule has 0 atom stereocenters. The summed E-state index contributed by atoms with van der Waals surface area (Å²) in [6, 6.07) is 0. The van der Waals surface area contributed by atoms with Crippen molar-refractivity contribution in [1.29, 1.82) is 0 Å². The third-order valence-electron chi connectivity index (χ3n) is 4.78. The number of hydrogen-bond donors (Lipinski definition) is 3. The lowest BCUT2D eigenvalue weighted by atomic mass is 10.3. The van der Waals surface area contributed by atoms with E-state index in [1.165, 1.54) is 23.2 Å². The molecule has 0 amide bonds. The molecule has 3 aromatic heterocycles. The molecule has 0 fully saturated rings. The van der Waals surface area contributed by atoms with Gasteiger partial charge in [0.2, 0.25) is 11.8 Å². The van der Waals surface area contributed by atoms with E-state index in [2.05, 4.69) is 20.5 Å². The highest BCUT2D eigenvalue weighted by Gasteiger charge is 2.17. The summed E-state index contributed by atoms with van der Waals surface area (Å²) < 4.78 is 4.67. The molecule has 0 aliphatic heterocycles.